The largest absolute Gasteiger partial charge is 0.457 e. The summed E-state index contributed by atoms with van der Waals surface area (Å²) >= 11 is 0. The maximum atomic E-state index is 11.3. The monoisotopic (exact) mass is 268 g/mol. The molecule has 2 aromatic carbocycles. The molecule has 0 amide bonds. The van der Waals surface area contributed by atoms with E-state index in [2.05, 4.69) is 13.8 Å². The second kappa shape index (κ2) is 5.91. The van der Waals surface area contributed by atoms with Crippen LogP contribution < -0.4 is 4.74 Å². The van der Waals surface area contributed by atoms with Gasteiger partial charge in [-0.05, 0) is 42.2 Å². The van der Waals surface area contributed by atoms with Crippen LogP contribution >= 0.6 is 0 Å². The van der Waals surface area contributed by atoms with Crippen molar-refractivity contribution in [1.82, 2.24) is 0 Å². The number of ketones is 1. The van der Waals surface area contributed by atoms with E-state index in [4.69, 9.17) is 4.74 Å². The topological polar surface area (TPSA) is 26.3 Å². The highest BCUT2D eigenvalue weighted by molar-refractivity contribution is 5.77. The van der Waals surface area contributed by atoms with Crippen LogP contribution in [-0.2, 0) is 10.2 Å². The molecule has 0 radical (unpaired) electrons. The van der Waals surface area contributed by atoms with Crippen LogP contribution in [-0.4, -0.2) is 5.78 Å². The fourth-order valence-electron chi connectivity index (χ4n) is 2.32. The van der Waals surface area contributed by atoms with Gasteiger partial charge in [-0.3, -0.25) is 4.79 Å². The van der Waals surface area contributed by atoms with Crippen LogP contribution in [0.3, 0.4) is 0 Å². The molecule has 0 aliphatic heterocycles. The number of Topliss-reactive ketones (excluding diaryl/α,β-unsaturated/α-hetero) is 1. The van der Waals surface area contributed by atoms with Crippen LogP contribution in [0.2, 0.25) is 0 Å². The number of hydrogen-bond acceptors (Lipinski definition) is 2. The van der Waals surface area contributed by atoms with Crippen LogP contribution in [0.25, 0.3) is 0 Å². The minimum absolute atomic E-state index is 0.142. The first-order valence-electron chi connectivity index (χ1n) is 6.80. The molecule has 0 bridgehead atoms. The van der Waals surface area contributed by atoms with Crippen LogP contribution in [0.15, 0.2) is 54.6 Å². The summed E-state index contributed by atoms with van der Waals surface area (Å²) in [5.41, 5.74) is 1.00. The van der Waals surface area contributed by atoms with E-state index in [-0.39, 0.29) is 11.2 Å². The molecule has 0 heterocycles. The molecule has 0 spiro atoms. The lowest BCUT2D eigenvalue weighted by molar-refractivity contribution is -0.118. The summed E-state index contributed by atoms with van der Waals surface area (Å²) in [4.78, 5) is 11.3. The summed E-state index contributed by atoms with van der Waals surface area (Å²) in [5.74, 6) is 1.83. The Morgan fingerprint density at radius 3 is 2.05 bits per heavy atom. The standard InChI is InChI=1S/C18H20O2/c1-14(19)13-18(2,3)15-9-11-17(12-10-15)20-16-7-5-4-6-8-16/h4-12H,13H2,1-3H3. The molecule has 0 unspecified atom stereocenters. The Labute approximate surface area is 120 Å². The minimum atomic E-state index is -0.142. The Bertz CT molecular complexity index is 568. The van der Waals surface area contributed by atoms with Crippen LogP contribution in [0.5, 0.6) is 11.5 Å². The third-order valence-corrected chi connectivity index (χ3v) is 3.31. The molecule has 2 aromatic rings. The fourth-order valence-corrected chi connectivity index (χ4v) is 2.32. The highest BCUT2D eigenvalue weighted by atomic mass is 16.5. The van der Waals surface area contributed by atoms with Crippen molar-refractivity contribution in [2.24, 2.45) is 0 Å². The molecule has 0 aromatic heterocycles. The van der Waals surface area contributed by atoms with Crippen molar-refractivity contribution in [3.8, 4) is 11.5 Å². The van der Waals surface area contributed by atoms with Crippen molar-refractivity contribution >= 4 is 5.78 Å². The third-order valence-electron chi connectivity index (χ3n) is 3.31. The molecular weight excluding hydrogens is 248 g/mol. The molecule has 2 nitrogen and oxygen atoms in total. The number of hydrogen-bond donors (Lipinski definition) is 0. The average Bonchev–Trinajstić information content (AvgIpc) is 2.39. The second-order valence-electron chi connectivity index (χ2n) is 5.70. The number of para-hydroxylation sites is 1. The Kier molecular flexibility index (Phi) is 4.23. The van der Waals surface area contributed by atoms with E-state index in [9.17, 15) is 4.79 Å². The Morgan fingerprint density at radius 2 is 1.50 bits per heavy atom. The van der Waals surface area contributed by atoms with Gasteiger partial charge in [0.2, 0.25) is 0 Å². The van der Waals surface area contributed by atoms with Crippen molar-refractivity contribution in [1.29, 1.82) is 0 Å². The zero-order valence-corrected chi connectivity index (χ0v) is 12.2. The lowest BCUT2D eigenvalue weighted by Crippen LogP contribution is -2.20. The van der Waals surface area contributed by atoms with E-state index in [1.807, 2.05) is 54.6 Å². The summed E-state index contributed by atoms with van der Waals surface area (Å²) in [6.45, 7) is 5.80. The number of benzene rings is 2. The van der Waals surface area contributed by atoms with Crippen LogP contribution in [0.1, 0.15) is 32.8 Å². The maximum absolute atomic E-state index is 11.3. The smallest absolute Gasteiger partial charge is 0.130 e. The first kappa shape index (κ1) is 14.3. The van der Waals surface area contributed by atoms with Gasteiger partial charge in [0, 0.05) is 6.42 Å². The van der Waals surface area contributed by atoms with Crippen molar-refractivity contribution < 1.29 is 9.53 Å². The molecule has 0 aliphatic rings. The third kappa shape index (κ3) is 3.70. The Morgan fingerprint density at radius 1 is 0.950 bits per heavy atom. The van der Waals surface area contributed by atoms with Gasteiger partial charge in [0.05, 0.1) is 0 Å². The maximum Gasteiger partial charge on any atom is 0.130 e. The molecule has 0 saturated carbocycles. The van der Waals surface area contributed by atoms with Gasteiger partial charge in [0.25, 0.3) is 0 Å². The molecule has 0 saturated heterocycles. The number of carbonyl (C=O) groups is 1. The summed E-state index contributed by atoms with van der Waals surface area (Å²) in [6, 6.07) is 17.7. The van der Waals surface area contributed by atoms with E-state index >= 15 is 0 Å². The average molecular weight is 268 g/mol. The van der Waals surface area contributed by atoms with Gasteiger partial charge in [-0.1, -0.05) is 44.2 Å². The summed E-state index contributed by atoms with van der Waals surface area (Å²) in [7, 11) is 0. The molecule has 2 rings (SSSR count). The summed E-state index contributed by atoms with van der Waals surface area (Å²) < 4.78 is 5.76. The number of ether oxygens (including phenoxy) is 1. The van der Waals surface area contributed by atoms with Gasteiger partial charge in [0.1, 0.15) is 17.3 Å². The van der Waals surface area contributed by atoms with Crippen LogP contribution in [0, 0.1) is 0 Å². The lowest BCUT2D eigenvalue weighted by Gasteiger charge is -2.24. The SMILES string of the molecule is CC(=O)CC(C)(C)c1ccc(Oc2ccccc2)cc1. The van der Waals surface area contributed by atoms with Crippen LogP contribution in [0.4, 0.5) is 0 Å². The highest BCUT2D eigenvalue weighted by Crippen LogP contribution is 2.30. The van der Waals surface area contributed by atoms with Crippen molar-refractivity contribution in [3.63, 3.8) is 0 Å². The molecule has 0 N–H and O–H groups in total. The van der Waals surface area contributed by atoms with E-state index in [0.29, 0.717) is 6.42 Å². The molecule has 20 heavy (non-hydrogen) atoms. The van der Waals surface area contributed by atoms with E-state index in [1.54, 1.807) is 6.92 Å². The highest BCUT2D eigenvalue weighted by Gasteiger charge is 2.22. The van der Waals surface area contributed by atoms with E-state index in [1.165, 1.54) is 0 Å². The zero-order chi connectivity index (χ0) is 14.6. The minimum Gasteiger partial charge on any atom is -0.457 e. The van der Waals surface area contributed by atoms with E-state index in [0.717, 1.165) is 17.1 Å². The Hall–Kier alpha value is -2.09. The predicted molar refractivity (Wildman–Crippen MR) is 81.3 cm³/mol. The Balaban J connectivity index is 2.12. The van der Waals surface area contributed by atoms with Crippen molar-refractivity contribution in [2.75, 3.05) is 0 Å². The predicted octanol–water partition coefficient (Wildman–Crippen LogP) is 4.74. The summed E-state index contributed by atoms with van der Waals surface area (Å²) in [6.07, 6.45) is 0.548. The molecular formula is C18H20O2. The quantitative estimate of drug-likeness (QED) is 0.783. The van der Waals surface area contributed by atoms with E-state index < -0.39 is 0 Å². The van der Waals surface area contributed by atoms with Gasteiger partial charge in [0.15, 0.2) is 0 Å². The molecule has 0 fully saturated rings. The number of rotatable bonds is 5. The second-order valence-corrected chi connectivity index (χ2v) is 5.70. The molecule has 2 heteroatoms. The fraction of sp³-hybridized carbons (Fsp3) is 0.278. The molecule has 104 valence electrons. The van der Waals surface area contributed by atoms with Gasteiger partial charge in [-0.15, -0.1) is 0 Å². The lowest BCUT2D eigenvalue weighted by atomic mass is 9.80. The van der Waals surface area contributed by atoms with Gasteiger partial charge >= 0.3 is 0 Å². The first-order chi connectivity index (χ1) is 9.47. The molecule has 0 aliphatic carbocycles. The molecule has 0 atom stereocenters. The van der Waals surface area contributed by atoms with Gasteiger partial charge < -0.3 is 4.74 Å². The van der Waals surface area contributed by atoms with Gasteiger partial charge in [-0.25, -0.2) is 0 Å². The van der Waals surface area contributed by atoms with Gasteiger partial charge in [-0.2, -0.15) is 0 Å². The zero-order valence-electron chi connectivity index (χ0n) is 12.2. The number of carbonyl (C=O) groups excluding carboxylic acids is 1. The van der Waals surface area contributed by atoms with Crippen molar-refractivity contribution in [3.05, 3.63) is 60.2 Å². The normalized spacial score (nSPS) is 11.2. The van der Waals surface area contributed by atoms with Crippen molar-refractivity contribution in [2.45, 2.75) is 32.6 Å². The summed E-state index contributed by atoms with van der Waals surface area (Å²) in [5, 5.41) is 0. The first-order valence-corrected chi connectivity index (χ1v) is 6.80.